The van der Waals surface area contributed by atoms with Crippen LogP contribution in [0, 0.1) is 23.2 Å². The third kappa shape index (κ3) is 4.01. The van der Waals surface area contributed by atoms with Crippen molar-refractivity contribution in [1.82, 2.24) is 5.32 Å². The third-order valence-electron chi connectivity index (χ3n) is 7.90. The number of amides is 1. The highest BCUT2D eigenvalue weighted by molar-refractivity contribution is 7.87. The SMILES string of the molecule is CC1(C)[C@H]2C[C@@H](CCO)C(NC(=O)c3csc4ccc(OS(=O)(=O)c5ccccc5)cc34)[C@@H]1C2. The van der Waals surface area contributed by atoms with Gasteiger partial charge in [0.05, 0.1) is 5.56 Å². The molecule has 1 amide bonds. The first-order chi connectivity index (χ1) is 16.2. The monoisotopic (exact) mass is 499 g/mol. The van der Waals surface area contributed by atoms with Gasteiger partial charge in [-0.2, -0.15) is 8.42 Å². The fourth-order valence-corrected chi connectivity index (χ4v) is 7.68. The number of hydrogen-bond donors (Lipinski definition) is 2. The Morgan fingerprint density at radius 1 is 1.18 bits per heavy atom. The first-order valence-corrected chi connectivity index (χ1v) is 13.9. The largest absolute Gasteiger partial charge is 0.396 e. The number of aliphatic hydroxyl groups excluding tert-OH is 1. The maximum Gasteiger partial charge on any atom is 0.339 e. The van der Waals surface area contributed by atoms with Gasteiger partial charge < -0.3 is 14.6 Å². The van der Waals surface area contributed by atoms with Crippen LogP contribution in [-0.2, 0) is 10.1 Å². The van der Waals surface area contributed by atoms with Crippen molar-refractivity contribution in [2.24, 2.45) is 23.2 Å². The molecule has 0 spiro atoms. The Morgan fingerprint density at radius 3 is 2.65 bits per heavy atom. The predicted octanol–water partition coefficient (Wildman–Crippen LogP) is 4.83. The lowest BCUT2D eigenvalue weighted by atomic mass is 9.44. The van der Waals surface area contributed by atoms with Gasteiger partial charge in [0.25, 0.3) is 5.91 Å². The van der Waals surface area contributed by atoms with Gasteiger partial charge in [-0.3, -0.25) is 4.79 Å². The number of thiophene rings is 1. The van der Waals surface area contributed by atoms with E-state index in [4.69, 9.17) is 4.18 Å². The van der Waals surface area contributed by atoms with Crippen molar-refractivity contribution < 1.29 is 22.5 Å². The highest BCUT2D eigenvalue weighted by Gasteiger charge is 2.57. The van der Waals surface area contributed by atoms with Crippen LogP contribution in [0.2, 0.25) is 0 Å². The fraction of sp³-hybridized carbons (Fsp3) is 0.423. The molecule has 3 aliphatic carbocycles. The molecule has 1 aromatic heterocycles. The molecular weight excluding hydrogens is 470 g/mol. The van der Waals surface area contributed by atoms with E-state index >= 15 is 0 Å². The van der Waals surface area contributed by atoms with E-state index in [9.17, 15) is 18.3 Å². The summed E-state index contributed by atoms with van der Waals surface area (Å²) in [6.45, 7) is 4.67. The molecule has 6 rings (SSSR count). The Bertz CT molecular complexity index is 1320. The highest BCUT2D eigenvalue weighted by Crippen LogP contribution is 2.61. The summed E-state index contributed by atoms with van der Waals surface area (Å²) in [5.41, 5.74) is 0.706. The van der Waals surface area contributed by atoms with Gasteiger partial charge in [-0.05, 0) is 72.8 Å². The van der Waals surface area contributed by atoms with Gasteiger partial charge >= 0.3 is 10.1 Å². The first-order valence-electron chi connectivity index (χ1n) is 11.6. The lowest BCUT2D eigenvalue weighted by Gasteiger charge is -2.62. The average Bonchev–Trinajstić information content (AvgIpc) is 3.23. The van der Waals surface area contributed by atoms with Crippen LogP contribution < -0.4 is 9.50 Å². The Morgan fingerprint density at radius 2 is 1.94 bits per heavy atom. The number of carbonyl (C=O) groups is 1. The number of rotatable bonds is 7. The lowest BCUT2D eigenvalue weighted by Crippen LogP contribution is -2.63. The molecule has 180 valence electrons. The molecule has 0 saturated heterocycles. The molecule has 1 unspecified atom stereocenters. The summed E-state index contributed by atoms with van der Waals surface area (Å²) in [6, 6.07) is 13.0. The van der Waals surface area contributed by atoms with E-state index < -0.39 is 10.1 Å². The smallest absolute Gasteiger partial charge is 0.339 e. The van der Waals surface area contributed by atoms with Crippen LogP contribution in [0.4, 0.5) is 0 Å². The Labute approximate surface area is 204 Å². The van der Waals surface area contributed by atoms with E-state index in [0.29, 0.717) is 29.2 Å². The van der Waals surface area contributed by atoms with Crippen LogP contribution in [0.3, 0.4) is 0 Å². The number of benzene rings is 2. The van der Waals surface area contributed by atoms with Crippen LogP contribution in [0.1, 0.15) is 43.5 Å². The first kappa shape index (κ1) is 23.3. The van der Waals surface area contributed by atoms with Crippen LogP contribution in [0.25, 0.3) is 10.1 Å². The molecule has 3 saturated carbocycles. The lowest BCUT2D eigenvalue weighted by molar-refractivity contribution is -0.114. The van der Waals surface area contributed by atoms with Crippen molar-refractivity contribution in [3.05, 3.63) is 59.5 Å². The predicted molar refractivity (Wildman–Crippen MR) is 133 cm³/mol. The van der Waals surface area contributed by atoms with Crippen LogP contribution in [-0.4, -0.2) is 32.1 Å². The molecule has 6 nitrogen and oxygen atoms in total. The van der Waals surface area contributed by atoms with Crippen LogP contribution in [0.5, 0.6) is 5.75 Å². The van der Waals surface area contributed by atoms with Crippen molar-refractivity contribution in [1.29, 1.82) is 0 Å². The molecule has 2 aromatic carbocycles. The zero-order chi connectivity index (χ0) is 24.1. The van der Waals surface area contributed by atoms with Crippen molar-refractivity contribution in [2.45, 2.75) is 44.0 Å². The molecular formula is C26H29NO5S2. The summed E-state index contributed by atoms with van der Waals surface area (Å²) in [5.74, 6) is 1.32. The fourth-order valence-electron chi connectivity index (χ4n) is 5.81. The summed E-state index contributed by atoms with van der Waals surface area (Å²) in [7, 11) is -3.97. The molecule has 0 radical (unpaired) electrons. The minimum Gasteiger partial charge on any atom is -0.396 e. The van der Waals surface area contributed by atoms with E-state index in [0.717, 1.165) is 17.5 Å². The van der Waals surface area contributed by atoms with Crippen molar-refractivity contribution in [3.8, 4) is 5.75 Å². The number of aliphatic hydroxyl groups is 1. The summed E-state index contributed by atoms with van der Waals surface area (Å²) >= 11 is 1.44. The van der Waals surface area contributed by atoms with Gasteiger partial charge in [-0.25, -0.2) is 0 Å². The normalized spacial score (nSPS) is 25.5. The minimum atomic E-state index is -3.97. The zero-order valence-electron chi connectivity index (χ0n) is 19.2. The summed E-state index contributed by atoms with van der Waals surface area (Å²) in [4.78, 5) is 13.5. The molecule has 3 aliphatic rings. The molecule has 2 N–H and O–H groups in total. The number of fused-ring (bicyclic) bond motifs is 3. The quantitative estimate of drug-likeness (QED) is 0.454. The van der Waals surface area contributed by atoms with E-state index in [1.807, 2.05) is 5.38 Å². The summed E-state index contributed by atoms with van der Waals surface area (Å²) in [5, 5.41) is 15.3. The average molecular weight is 500 g/mol. The van der Waals surface area contributed by atoms with Gasteiger partial charge in [0.2, 0.25) is 0 Å². The van der Waals surface area contributed by atoms with E-state index in [2.05, 4.69) is 19.2 Å². The van der Waals surface area contributed by atoms with Crippen LogP contribution in [0.15, 0.2) is 58.8 Å². The third-order valence-corrected chi connectivity index (χ3v) is 10.1. The van der Waals surface area contributed by atoms with Crippen molar-refractivity contribution in [2.75, 3.05) is 6.61 Å². The van der Waals surface area contributed by atoms with E-state index in [1.165, 1.54) is 23.5 Å². The molecule has 3 fully saturated rings. The van der Waals surface area contributed by atoms with Gasteiger partial charge in [0.15, 0.2) is 0 Å². The highest BCUT2D eigenvalue weighted by atomic mass is 32.2. The van der Waals surface area contributed by atoms with Gasteiger partial charge in [0, 0.05) is 28.1 Å². The number of hydrogen-bond acceptors (Lipinski definition) is 6. The maximum atomic E-state index is 13.4. The second kappa shape index (κ2) is 8.66. The summed E-state index contributed by atoms with van der Waals surface area (Å²) in [6.07, 6.45) is 2.82. The van der Waals surface area contributed by atoms with Crippen molar-refractivity contribution in [3.63, 3.8) is 0 Å². The van der Waals surface area contributed by atoms with Crippen molar-refractivity contribution >= 4 is 37.4 Å². The second-order valence-corrected chi connectivity index (χ2v) is 12.5. The zero-order valence-corrected chi connectivity index (χ0v) is 20.9. The molecule has 8 heteroatoms. The maximum absolute atomic E-state index is 13.4. The summed E-state index contributed by atoms with van der Waals surface area (Å²) < 4.78 is 31.5. The van der Waals surface area contributed by atoms with Gasteiger partial charge in [-0.1, -0.05) is 32.0 Å². The Hall–Kier alpha value is -2.42. The molecule has 2 bridgehead atoms. The number of carbonyl (C=O) groups excluding carboxylic acids is 1. The van der Waals surface area contributed by atoms with Gasteiger partial charge in [0.1, 0.15) is 10.6 Å². The minimum absolute atomic E-state index is 0.0208. The number of nitrogens with one attached hydrogen (secondary N) is 1. The Balaban J connectivity index is 1.40. The molecule has 34 heavy (non-hydrogen) atoms. The van der Waals surface area contributed by atoms with Crippen LogP contribution >= 0.6 is 11.3 Å². The standard InChI is InChI=1S/C26H29NO5S2/c1-26(2)17-12-16(10-11-28)24(22(26)13-17)27-25(29)21-15-33-23-9-8-18(14-20(21)23)32-34(30,31)19-6-4-3-5-7-19/h3-9,14-17,22,24,28H,10-13H2,1-2H3,(H,27,29)/t16-,17+,22+,24?/m1/s1. The molecule has 4 atom stereocenters. The topological polar surface area (TPSA) is 92.7 Å². The van der Waals surface area contributed by atoms with Gasteiger partial charge in [-0.15, -0.1) is 11.3 Å². The second-order valence-electron chi connectivity index (χ2n) is 10.0. The molecule has 0 aliphatic heterocycles. The Kier molecular flexibility index (Phi) is 5.94. The van der Waals surface area contributed by atoms with E-state index in [1.54, 1.807) is 36.4 Å². The molecule has 1 heterocycles. The molecule has 3 aromatic rings. The van der Waals surface area contributed by atoms with E-state index in [-0.39, 0.29) is 40.5 Å².